The van der Waals surface area contributed by atoms with E-state index < -0.39 is 0 Å². The van der Waals surface area contributed by atoms with Crippen molar-refractivity contribution in [2.75, 3.05) is 32.8 Å². The fraction of sp³-hybridized carbons (Fsp3) is 0.412. The van der Waals surface area contributed by atoms with Crippen molar-refractivity contribution in [3.63, 3.8) is 0 Å². The van der Waals surface area contributed by atoms with E-state index in [1.807, 2.05) is 41.6 Å². The Balaban J connectivity index is 1.50. The molecule has 1 aliphatic heterocycles. The van der Waals surface area contributed by atoms with Crippen molar-refractivity contribution in [3.8, 4) is 5.88 Å². The minimum atomic E-state index is 0.155. The first-order valence-electron chi connectivity index (χ1n) is 7.89. The number of piperazine rings is 1. The highest BCUT2D eigenvalue weighted by atomic mass is 32.1. The number of rotatable bonds is 5. The highest BCUT2D eigenvalue weighted by molar-refractivity contribution is 7.12. The van der Waals surface area contributed by atoms with E-state index in [0.717, 1.165) is 37.6 Å². The maximum atomic E-state index is 12.3. The number of pyridine rings is 1. The number of ether oxygens (including phenoxy) is 1. The maximum Gasteiger partial charge on any atom is 0.264 e. The number of carbonyl (C=O) groups is 1. The smallest absolute Gasteiger partial charge is 0.264 e. The van der Waals surface area contributed by atoms with E-state index in [0.29, 0.717) is 12.5 Å². The molecule has 0 N–H and O–H groups in total. The highest BCUT2D eigenvalue weighted by Crippen LogP contribution is 2.15. The van der Waals surface area contributed by atoms with Gasteiger partial charge in [0, 0.05) is 45.0 Å². The number of amides is 1. The predicted molar refractivity (Wildman–Crippen MR) is 90.9 cm³/mol. The maximum absolute atomic E-state index is 12.3. The van der Waals surface area contributed by atoms with Crippen LogP contribution in [0.15, 0.2) is 35.8 Å². The van der Waals surface area contributed by atoms with Crippen LogP contribution >= 0.6 is 11.3 Å². The third-order valence-corrected chi connectivity index (χ3v) is 4.75. The van der Waals surface area contributed by atoms with Crippen LogP contribution in [0.3, 0.4) is 0 Å². The molecule has 0 aliphatic carbocycles. The van der Waals surface area contributed by atoms with Gasteiger partial charge in [0.2, 0.25) is 5.88 Å². The molecule has 2 aromatic heterocycles. The number of aromatic nitrogens is 1. The molecular formula is C17H21N3O2S. The van der Waals surface area contributed by atoms with E-state index >= 15 is 0 Å². The molecule has 0 bridgehead atoms. The molecule has 0 unspecified atom stereocenters. The summed E-state index contributed by atoms with van der Waals surface area (Å²) in [4.78, 5) is 21.7. The van der Waals surface area contributed by atoms with E-state index in [9.17, 15) is 4.79 Å². The van der Waals surface area contributed by atoms with Gasteiger partial charge < -0.3 is 9.64 Å². The molecule has 0 radical (unpaired) electrons. The highest BCUT2D eigenvalue weighted by Gasteiger charge is 2.22. The van der Waals surface area contributed by atoms with Gasteiger partial charge in [0.25, 0.3) is 5.91 Å². The van der Waals surface area contributed by atoms with Crippen molar-refractivity contribution in [2.24, 2.45) is 0 Å². The van der Waals surface area contributed by atoms with E-state index in [1.165, 1.54) is 16.9 Å². The Labute approximate surface area is 140 Å². The largest absolute Gasteiger partial charge is 0.478 e. The molecule has 0 aromatic carbocycles. The molecular weight excluding hydrogens is 310 g/mol. The topological polar surface area (TPSA) is 45.7 Å². The first-order chi connectivity index (χ1) is 11.3. The van der Waals surface area contributed by atoms with Gasteiger partial charge in [-0.25, -0.2) is 4.98 Å². The summed E-state index contributed by atoms with van der Waals surface area (Å²) >= 11 is 1.51. The minimum absolute atomic E-state index is 0.155. The van der Waals surface area contributed by atoms with Crippen molar-refractivity contribution in [1.29, 1.82) is 0 Å². The average Bonchev–Trinajstić information content (AvgIpc) is 3.11. The van der Waals surface area contributed by atoms with E-state index in [2.05, 4.69) is 16.0 Å². The van der Waals surface area contributed by atoms with Gasteiger partial charge in [-0.3, -0.25) is 9.69 Å². The monoisotopic (exact) mass is 331 g/mol. The second kappa shape index (κ2) is 7.57. The predicted octanol–water partition coefficient (Wildman–Crippen LogP) is 2.50. The number of thiophene rings is 1. The number of nitrogens with zero attached hydrogens (tertiary/aromatic N) is 3. The first kappa shape index (κ1) is 16.0. The van der Waals surface area contributed by atoms with Gasteiger partial charge in [-0.2, -0.15) is 0 Å². The Morgan fingerprint density at radius 1 is 1.26 bits per heavy atom. The lowest BCUT2D eigenvalue weighted by Gasteiger charge is -2.34. The zero-order valence-corrected chi connectivity index (χ0v) is 14.1. The van der Waals surface area contributed by atoms with Crippen molar-refractivity contribution in [3.05, 3.63) is 46.3 Å². The molecule has 2 aromatic rings. The molecule has 0 atom stereocenters. The Hall–Kier alpha value is -1.92. The first-order valence-corrected chi connectivity index (χ1v) is 8.77. The summed E-state index contributed by atoms with van der Waals surface area (Å²) in [7, 11) is 0. The van der Waals surface area contributed by atoms with Crippen LogP contribution in [0.2, 0.25) is 0 Å². The number of carbonyl (C=O) groups excluding carboxylic acids is 1. The van der Waals surface area contributed by atoms with Crippen molar-refractivity contribution < 1.29 is 9.53 Å². The molecule has 1 aliphatic rings. The van der Waals surface area contributed by atoms with Gasteiger partial charge in [-0.15, -0.1) is 11.3 Å². The van der Waals surface area contributed by atoms with Gasteiger partial charge in [-0.1, -0.05) is 12.1 Å². The molecule has 3 rings (SSSR count). The van der Waals surface area contributed by atoms with Crippen LogP contribution in [0, 0.1) is 0 Å². The third-order valence-electron chi connectivity index (χ3n) is 3.89. The molecule has 23 heavy (non-hydrogen) atoms. The van der Waals surface area contributed by atoms with Crippen LogP contribution in [-0.4, -0.2) is 53.5 Å². The van der Waals surface area contributed by atoms with Crippen molar-refractivity contribution >= 4 is 17.2 Å². The Kier molecular flexibility index (Phi) is 5.25. The van der Waals surface area contributed by atoms with Gasteiger partial charge >= 0.3 is 0 Å². The lowest BCUT2D eigenvalue weighted by atomic mass is 10.2. The molecule has 1 amide bonds. The van der Waals surface area contributed by atoms with Gasteiger partial charge in [-0.05, 0) is 23.9 Å². The summed E-state index contributed by atoms with van der Waals surface area (Å²) < 4.78 is 5.36. The quantitative estimate of drug-likeness (QED) is 0.844. The summed E-state index contributed by atoms with van der Waals surface area (Å²) in [6.07, 6.45) is 1.87. The molecule has 3 heterocycles. The van der Waals surface area contributed by atoms with Crippen LogP contribution in [-0.2, 0) is 6.54 Å². The van der Waals surface area contributed by atoms with Gasteiger partial charge in [0.05, 0.1) is 11.5 Å². The van der Waals surface area contributed by atoms with Crippen molar-refractivity contribution in [1.82, 2.24) is 14.8 Å². The second-order valence-corrected chi connectivity index (χ2v) is 6.43. The summed E-state index contributed by atoms with van der Waals surface area (Å²) in [6, 6.07) is 7.79. The fourth-order valence-corrected chi connectivity index (χ4v) is 3.35. The van der Waals surface area contributed by atoms with Crippen molar-refractivity contribution in [2.45, 2.75) is 13.5 Å². The van der Waals surface area contributed by atoms with Crippen LogP contribution < -0.4 is 4.74 Å². The Morgan fingerprint density at radius 3 is 2.70 bits per heavy atom. The molecule has 5 nitrogen and oxygen atoms in total. The summed E-state index contributed by atoms with van der Waals surface area (Å²) in [6.45, 7) is 6.79. The Bertz CT molecular complexity index is 620. The number of hydrogen-bond acceptors (Lipinski definition) is 5. The summed E-state index contributed by atoms with van der Waals surface area (Å²) in [5.74, 6) is 0.824. The van der Waals surface area contributed by atoms with Crippen LogP contribution in [0.4, 0.5) is 0 Å². The molecule has 6 heteroatoms. The standard InChI is InChI=1S/C17H21N3O2S/c1-2-22-16-6-5-14(12-18-16)13-19-7-9-20(10-8-19)17(21)15-4-3-11-23-15/h3-6,11-12H,2,7-10,13H2,1H3. The normalized spacial score (nSPS) is 15.6. The zero-order chi connectivity index (χ0) is 16.1. The lowest BCUT2D eigenvalue weighted by Crippen LogP contribution is -2.48. The molecule has 1 saturated heterocycles. The third kappa shape index (κ3) is 4.09. The van der Waals surface area contributed by atoms with E-state index in [4.69, 9.17) is 4.74 Å². The molecule has 1 fully saturated rings. The average molecular weight is 331 g/mol. The van der Waals surface area contributed by atoms with E-state index in [-0.39, 0.29) is 5.91 Å². The Morgan fingerprint density at radius 2 is 2.09 bits per heavy atom. The molecule has 122 valence electrons. The van der Waals surface area contributed by atoms with Gasteiger partial charge in [0.1, 0.15) is 0 Å². The second-order valence-electron chi connectivity index (χ2n) is 5.48. The molecule has 0 saturated carbocycles. The van der Waals surface area contributed by atoms with Gasteiger partial charge in [0.15, 0.2) is 0 Å². The lowest BCUT2D eigenvalue weighted by molar-refractivity contribution is 0.0633. The molecule has 0 spiro atoms. The zero-order valence-electron chi connectivity index (χ0n) is 13.3. The summed E-state index contributed by atoms with van der Waals surface area (Å²) in [5, 5.41) is 1.95. The minimum Gasteiger partial charge on any atom is -0.478 e. The summed E-state index contributed by atoms with van der Waals surface area (Å²) in [5.41, 5.74) is 1.17. The van der Waals surface area contributed by atoms with E-state index in [1.54, 1.807) is 0 Å². The van der Waals surface area contributed by atoms with Crippen LogP contribution in [0.1, 0.15) is 22.2 Å². The van der Waals surface area contributed by atoms with Crippen LogP contribution in [0.25, 0.3) is 0 Å². The van der Waals surface area contributed by atoms with Crippen LogP contribution in [0.5, 0.6) is 5.88 Å². The number of hydrogen-bond donors (Lipinski definition) is 0. The fourth-order valence-electron chi connectivity index (χ4n) is 2.66. The SMILES string of the molecule is CCOc1ccc(CN2CCN(C(=O)c3cccs3)CC2)cn1.